The summed E-state index contributed by atoms with van der Waals surface area (Å²) < 4.78 is 53.0. The van der Waals surface area contributed by atoms with E-state index in [0.717, 1.165) is 89.9 Å². The topological polar surface area (TPSA) is 225 Å². The smallest absolute Gasteiger partial charge is 0.463 e. The largest absolute Gasteiger partial charge is 0.472 e. The van der Waals surface area contributed by atoms with E-state index in [0.29, 0.717) is 12.8 Å². The zero-order valence-electron chi connectivity index (χ0n) is 42.8. The minimum atomic E-state index is -4.81. The normalized spacial score (nSPS) is 16.0. The van der Waals surface area contributed by atoms with Crippen molar-refractivity contribution in [3.8, 4) is 0 Å². The number of aliphatic hydroxyl groups excluding tert-OH is 3. The molecule has 0 amide bonds. The second-order valence-corrected chi connectivity index (χ2v) is 19.2. The summed E-state index contributed by atoms with van der Waals surface area (Å²) in [5.41, 5.74) is 0. The van der Waals surface area contributed by atoms with Crippen molar-refractivity contribution in [2.45, 2.75) is 148 Å². The third-order valence-electron chi connectivity index (χ3n) is 9.48. The highest BCUT2D eigenvalue weighted by atomic mass is 31.2. The van der Waals surface area contributed by atoms with E-state index < -0.39 is 85.5 Å². The van der Waals surface area contributed by atoms with Gasteiger partial charge in [0.05, 0.1) is 26.4 Å². The lowest BCUT2D eigenvalue weighted by Gasteiger charge is -2.19. The van der Waals surface area contributed by atoms with Crippen LogP contribution in [-0.4, -0.2) is 95.0 Å². The monoisotopic (exact) mass is 1050 g/mol. The van der Waals surface area contributed by atoms with E-state index in [-0.39, 0.29) is 12.8 Å². The van der Waals surface area contributed by atoms with E-state index in [2.05, 4.69) is 98.8 Å². The maximum Gasteiger partial charge on any atom is 0.472 e. The third kappa shape index (κ3) is 50.8. The molecule has 0 aliphatic heterocycles. The maximum absolute atomic E-state index is 12.2. The standard InChI is InChI=1S/C55H86O15P2/c1-3-5-7-9-11-13-15-17-19-21-23-24-26-28-30-32-34-36-38-40-42-44-55(60)66-46-52(57)48-68-72(63,64)70-50-53(58)49-69-71(61,62)67-47-51(56)45-65-54(59)43-41-39-37-35-33-31-29-27-25-22-20-18-16-14-12-10-8-6-4-2/h5-8,10-14,16-20,22-25,27-31,33,51-53,56-58H,3-4,9,15,21,26,32,34-50H2,1-2H3,(H,61,62)(H,63,64)/b7-5-,8-6+,12-10+,13-11-,16-14-,19-17-,20-18+,24-23-,25-22+,29-27+,30-28-,33-31+. The Morgan fingerprint density at radius 2 is 0.667 bits per heavy atom. The number of allylic oxidation sites excluding steroid dienone is 24. The SMILES string of the molecule is CC/C=C\C/C=C\C/C=C\C/C=C\C/C=C\CCCCCCCC(=O)OCC(O)COP(=O)(O)OCC(O)COP(=O)(O)OCC(O)COC(=O)CCCCC/C=C/C=C/C=C/C=C/C=C\C=C\C=C\CC. The number of ether oxygens (including phenoxy) is 2. The van der Waals surface area contributed by atoms with Gasteiger partial charge < -0.3 is 34.6 Å². The van der Waals surface area contributed by atoms with Gasteiger partial charge in [-0.15, -0.1) is 0 Å². The molecule has 15 nitrogen and oxygen atoms in total. The first kappa shape index (κ1) is 67.9. The molecule has 0 aliphatic carbocycles. The Kier molecular flexibility index (Phi) is 46.4. The van der Waals surface area contributed by atoms with Crippen LogP contribution >= 0.6 is 15.6 Å². The van der Waals surface area contributed by atoms with Gasteiger partial charge in [-0.1, -0.05) is 185 Å². The van der Waals surface area contributed by atoms with Gasteiger partial charge in [-0.05, 0) is 77.0 Å². The fraction of sp³-hybridized carbons (Fsp3) is 0.527. The summed E-state index contributed by atoms with van der Waals surface area (Å²) in [5, 5.41) is 30.1. The highest BCUT2D eigenvalue weighted by molar-refractivity contribution is 7.47. The van der Waals surface area contributed by atoms with Crippen LogP contribution in [0, 0.1) is 0 Å². The highest BCUT2D eigenvalue weighted by Crippen LogP contribution is 2.45. The van der Waals surface area contributed by atoms with Crippen LogP contribution in [0.25, 0.3) is 0 Å². The first-order chi connectivity index (χ1) is 34.8. The molecule has 0 aliphatic rings. The number of unbranched alkanes of at least 4 members (excludes halogenated alkanes) is 8. The molecule has 0 radical (unpaired) electrons. The molecule has 0 heterocycles. The Balaban J connectivity index is 3.98. The highest BCUT2D eigenvalue weighted by Gasteiger charge is 2.28. The lowest BCUT2D eigenvalue weighted by Crippen LogP contribution is -2.25. The number of phosphoric ester groups is 2. The number of hydrogen-bond acceptors (Lipinski definition) is 13. The van der Waals surface area contributed by atoms with Crippen LogP contribution < -0.4 is 0 Å². The van der Waals surface area contributed by atoms with Gasteiger partial charge in [-0.25, -0.2) is 9.13 Å². The predicted octanol–water partition coefficient (Wildman–Crippen LogP) is 12.2. The Labute approximate surface area is 430 Å². The molecule has 72 heavy (non-hydrogen) atoms. The Morgan fingerprint density at radius 1 is 0.375 bits per heavy atom. The number of phosphoric acid groups is 2. The van der Waals surface area contributed by atoms with Crippen molar-refractivity contribution in [1.82, 2.24) is 0 Å². The molecule has 406 valence electrons. The number of esters is 2. The van der Waals surface area contributed by atoms with E-state index in [1.165, 1.54) is 0 Å². The fourth-order valence-corrected chi connectivity index (χ4v) is 7.22. The Bertz CT molecular complexity index is 1840. The van der Waals surface area contributed by atoms with E-state index in [4.69, 9.17) is 9.47 Å². The second-order valence-electron chi connectivity index (χ2n) is 16.3. The van der Waals surface area contributed by atoms with Gasteiger partial charge in [0.1, 0.15) is 31.5 Å². The summed E-state index contributed by atoms with van der Waals surface area (Å²) in [4.78, 5) is 43.8. The van der Waals surface area contributed by atoms with Crippen LogP contribution in [0.1, 0.15) is 129 Å². The molecule has 0 aromatic heterocycles. The number of hydrogen-bond donors (Lipinski definition) is 5. The molecule has 5 atom stereocenters. The molecule has 0 bridgehead atoms. The number of aliphatic hydroxyl groups is 3. The van der Waals surface area contributed by atoms with Crippen molar-refractivity contribution in [2.75, 3.05) is 39.6 Å². The van der Waals surface area contributed by atoms with Gasteiger partial charge in [-0.2, -0.15) is 0 Å². The number of carbonyl (C=O) groups excluding carboxylic acids is 2. The summed E-state index contributed by atoms with van der Waals surface area (Å²) >= 11 is 0. The van der Waals surface area contributed by atoms with Crippen LogP contribution in [0.3, 0.4) is 0 Å². The van der Waals surface area contributed by atoms with Gasteiger partial charge in [0.25, 0.3) is 0 Å². The number of rotatable bonds is 46. The van der Waals surface area contributed by atoms with Gasteiger partial charge in [0.2, 0.25) is 0 Å². The van der Waals surface area contributed by atoms with E-state index in [1.807, 2.05) is 79.0 Å². The van der Waals surface area contributed by atoms with Gasteiger partial charge >= 0.3 is 27.6 Å². The van der Waals surface area contributed by atoms with Crippen molar-refractivity contribution in [1.29, 1.82) is 0 Å². The summed E-state index contributed by atoms with van der Waals surface area (Å²) in [7, 11) is -9.62. The van der Waals surface area contributed by atoms with Crippen LogP contribution in [0.4, 0.5) is 0 Å². The van der Waals surface area contributed by atoms with Crippen molar-refractivity contribution in [2.24, 2.45) is 0 Å². The van der Waals surface area contributed by atoms with Gasteiger partial charge in [0.15, 0.2) is 0 Å². The molecule has 0 saturated heterocycles. The average Bonchev–Trinajstić information content (AvgIpc) is 3.36. The fourth-order valence-electron chi connectivity index (χ4n) is 5.63. The molecule has 0 aromatic carbocycles. The van der Waals surface area contributed by atoms with E-state index in [9.17, 15) is 43.8 Å². The first-order valence-corrected chi connectivity index (χ1v) is 28.3. The minimum absolute atomic E-state index is 0.134. The summed E-state index contributed by atoms with van der Waals surface area (Å²) in [6, 6.07) is 0. The molecule has 0 saturated carbocycles. The molecular formula is C55H86O15P2. The van der Waals surface area contributed by atoms with Gasteiger partial charge in [-0.3, -0.25) is 27.7 Å². The molecule has 0 spiro atoms. The molecule has 0 fully saturated rings. The van der Waals surface area contributed by atoms with Crippen molar-refractivity contribution < 1.29 is 71.4 Å². The molecule has 0 aromatic rings. The van der Waals surface area contributed by atoms with Crippen LogP contribution in [0.5, 0.6) is 0 Å². The minimum Gasteiger partial charge on any atom is -0.463 e. The second kappa shape index (κ2) is 49.1. The van der Waals surface area contributed by atoms with Crippen molar-refractivity contribution in [3.05, 3.63) is 146 Å². The summed E-state index contributed by atoms with van der Waals surface area (Å²) in [6.45, 7) is 0.0384. The van der Waals surface area contributed by atoms with Crippen LogP contribution in [0.2, 0.25) is 0 Å². The lowest BCUT2D eigenvalue weighted by molar-refractivity contribution is -0.148. The molecule has 17 heteroatoms. The first-order valence-electron chi connectivity index (χ1n) is 25.3. The molecule has 0 rings (SSSR count). The zero-order valence-corrected chi connectivity index (χ0v) is 44.6. The molecule has 5 unspecified atom stereocenters. The summed E-state index contributed by atoms with van der Waals surface area (Å²) in [6.07, 6.45) is 59.6. The third-order valence-corrected chi connectivity index (χ3v) is 11.4. The van der Waals surface area contributed by atoms with E-state index in [1.54, 1.807) is 0 Å². The van der Waals surface area contributed by atoms with E-state index >= 15 is 0 Å². The van der Waals surface area contributed by atoms with Gasteiger partial charge in [0, 0.05) is 12.8 Å². The zero-order chi connectivity index (χ0) is 53.1. The molecular weight excluding hydrogens is 963 g/mol. The van der Waals surface area contributed by atoms with Crippen molar-refractivity contribution in [3.63, 3.8) is 0 Å². The predicted molar refractivity (Wildman–Crippen MR) is 288 cm³/mol. The maximum atomic E-state index is 12.2. The van der Waals surface area contributed by atoms with Crippen molar-refractivity contribution >= 4 is 27.6 Å². The average molecular weight is 1050 g/mol. The lowest BCUT2D eigenvalue weighted by atomic mass is 10.1. The Hall–Kier alpha value is -4.08. The summed E-state index contributed by atoms with van der Waals surface area (Å²) in [5.74, 6) is -1.07. The van der Waals surface area contributed by atoms with Crippen LogP contribution in [-0.2, 0) is 46.3 Å². The van der Waals surface area contributed by atoms with Crippen LogP contribution in [0.15, 0.2) is 146 Å². The molecule has 5 N–H and O–H groups in total. The quantitative estimate of drug-likeness (QED) is 0.0126. The Morgan fingerprint density at radius 3 is 1.07 bits per heavy atom. The number of carbonyl (C=O) groups is 2.